The molecule has 2 aliphatic rings. The van der Waals surface area contributed by atoms with E-state index in [9.17, 15) is 0 Å². The third-order valence-electron chi connectivity index (χ3n) is 5.27. The van der Waals surface area contributed by atoms with Gasteiger partial charge in [0, 0.05) is 6.04 Å². The van der Waals surface area contributed by atoms with Crippen LogP contribution in [0.25, 0.3) is 0 Å². The highest BCUT2D eigenvalue weighted by atomic mass is 14.7. The molecule has 98 valence electrons. The van der Waals surface area contributed by atoms with Crippen LogP contribution in [0.3, 0.4) is 0 Å². The van der Waals surface area contributed by atoms with E-state index < -0.39 is 0 Å². The average molecular weight is 243 g/mol. The van der Waals surface area contributed by atoms with Crippen LogP contribution in [0.5, 0.6) is 0 Å². The first-order valence-corrected chi connectivity index (χ1v) is 7.60. The standard InChI is InChI=1S/C17H25N/c1-2-12-8-9-14(10-12)17(18)16-11-15(16)13-6-4-3-5-7-13/h3-7,12,14-17H,2,8-11,18H2,1H3. The Hall–Kier alpha value is -0.820. The predicted octanol–water partition coefficient (Wildman–Crippen LogP) is 3.94. The fourth-order valence-electron chi connectivity index (χ4n) is 3.91. The van der Waals surface area contributed by atoms with Crippen molar-refractivity contribution in [2.75, 3.05) is 0 Å². The van der Waals surface area contributed by atoms with Crippen molar-refractivity contribution in [1.82, 2.24) is 0 Å². The molecule has 0 heterocycles. The molecule has 0 aliphatic heterocycles. The molecule has 18 heavy (non-hydrogen) atoms. The van der Waals surface area contributed by atoms with Gasteiger partial charge in [-0.15, -0.1) is 0 Å². The van der Waals surface area contributed by atoms with Crippen LogP contribution in [0.1, 0.15) is 50.5 Å². The zero-order valence-corrected chi connectivity index (χ0v) is 11.4. The molecule has 2 saturated carbocycles. The van der Waals surface area contributed by atoms with Crippen LogP contribution in [-0.2, 0) is 0 Å². The molecule has 0 radical (unpaired) electrons. The zero-order chi connectivity index (χ0) is 12.5. The summed E-state index contributed by atoms with van der Waals surface area (Å²) in [4.78, 5) is 0. The molecule has 0 spiro atoms. The average Bonchev–Trinajstić information content (AvgIpc) is 3.08. The van der Waals surface area contributed by atoms with Gasteiger partial charge in [-0.05, 0) is 48.5 Å². The normalized spacial score (nSPS) is 36.6. The summed E-state index contributed by atoms with van der Waals surface area (Å²) in [5.74, 6) is 3.26. The van der Waals surface area contributed by atoms with Gasteiger partial charge in [-0.1, -0.05) is 50.1 Å². The molecule has 0 saturated heterocycles. The third-order valence-corrected chi connectivity index (χ3v) is 5.27. The number of benzene rings is 1. The van der Waals surface area contributed by atoms with Crippen LogP contribution in [0.2, 0.25) is 0 Å². The minimum atomic E-state index is 0.451. The van der Waals surface area contributed by atoms with Gasteiger partial charge in [0.1, 0.15) is 0 Å². The molecular weight excluding hydrogens is 218 g/mol. The number of rotatable bonds is 4. The van der Waals surface area contributed by atoms with Crippen LogP contribution in [0, 0.1) is 17.8 Å². The largest absolute Gasteiger partial charge is 0.327 e. The van der Waals surface area contributed by atoms with Crippen LogP contribution in [0.15, 0.2) is 30.3 Å². The van der Waals surface area contributed by atoms with Gasteiger partial charge in [-0.2, -0.15) is 0 Å². The highest BCUT2D eigenvalue weighted by molar-refractivity contribution is 5.26. The molecule has 2 aliphatic carbocycles. The third kappa shape index (κ3) is 2.33. The molecule has 2 N–H and O–H groups in total. The first-order valence-electron chi connectivity index (χ1n) is 7.60. The van der Waals surface area contributed by atoms with Gasteiger partial charge in [0.05, 0.1) is 0 Å². The van der Waals surface area contributed by atoms with E-state index in [1.54, 1.807) is 0 Å². The molecule has 2 fully saturated rings. The fourth-order valence-corrected chi connectivity index (χ4v) is 3.91. The smallest absolute Gasteiger partial charge is 0.0102 e. The molecule has 5 unspecified atom stereocenters. The van der Waals surface area contributed by atoms with Crippen LogP contribution in [0.4, 0.5) is 0 Å². The molecule has 1 nitrogen and oxygen atoms in total. The number of hydrogen-bond acceptors (Lipinski definition) is 1. The van der Waals surface area contributed by atoms with Crippen LogP contribution in [-0.4, -0.2) is 6.04 Å². The Morgan fingerprint density at radius 3 is 2.61 bits per heavy atom. The van der Waals surface area contributed by atoms with Gasteiger partial charge < -0.3 is 5.73 Å². The molecular formula is C17H25N. The first-order chi connectivity index (χ1) is 8.79. The van der Waals surface area contributed by atoms with E-state index in [2.05, 4.69) is 37.3 Å². The topological polar surface area (TPSA) is 26.0 Å². The van der Waals surface area contributed by atoms with Crippen LogP contribution >= 0.6 is 0 Å². The number of nitrogens with two attached hydrogens (primary N) is 1. The Labute approximate surface area is 111 Å². The lowest BCUT2D eigenvalue weighted by Gasteiger charge is -2.19. The van der Waals surface area contributed by atoms with Crippen molar-refractivity contribution in [3.05, 3.63) is 35.9 Å². The summed E-state index contributed by atoms with van der Waals surface area (Å²) in [7, 11) is 0. The van der Waals surface area contributed by atoms with Crippen molar-refractivity contribution < 1.29 is 0 Å². The molecule has 1 heteroatoms. The Morgan fingerprint density at radius 1 is 1.17 bits per heavy atom. The van der Waals surface area contributed by atoms with Crippen molar-refractivity contribution in [3.63, 3.8) is 0 Å². The summed E-state index contributed by atoms with van der Waals surface area (Å²) < 4.78 is 0. The Kier molecular flexibility index (Phi) is 3.43. The van der Waals surface area contributed by atoms with E-state index in [1.807, 2.05) is 0 Å². The van der Waals surface area contributed by atoms with E-state index in [-0.39, 0.29) is 0 Å². The Balaban J connectivity index is 1.58. The van der Waals surface area contributed by atoms with Crippen molar-refractivity contribution in [1.29, 1.82) is 0 Å². The van der Waals surface area contributed by atoms with Crippen molar-refractivity contribution >= 4 is 0 Å². The second kappa shape index (κ2) is 5.05. The van der Waals surface area contributed by atoms with Crippen molar-refractivity contribution in [2.24, 2.45) is 23.5 Å². The molecule has 0 aromatic heterocycles. The molecule has 3 rings (SSSR count). The second-order valence-electron chi connectivity index (χ2n) is 6.34. The lowest BCUT2D eigenvalue weighted by Crippen LogP contribution is -2.31. The lowest BCUT2D eigenvalue weighted by molar-refractivity contribution is 0.372. The van der Waals surface area contributed by atoms with Gasteiger partial charge in [-0.25, -0.2) is 0 Å². The molecule has 5 atom stereocenters. The molecule has 1 aromatic carbocycles. The molecule has 0 amide bonds. The predicted molar refractivity (Wildman–Crippen MR) is 76.4 cm³/mol. The van der Waals surface area contributed by atoms with Crippen molar-refractivity contribution in [3.8, 4) is 0 Å². The Bertz CT molecular complexity index is 386. The van der Waals surface area contributed by atoms with Gasteiger partial charge in [0.2, 0.25) is 0 Å². The van der Waals surface area contributed by atoms with E-state index in [0.717, 1.165) is 23.7 Å². The van der Waals surface area contributed by atoms with E-state index >= 15 is 0 Å². The lowest BCUT2D eigenvalue weighted by atomic mass is 9.91. The monoisotopic (exact) mass is 243 g/mol. The van der Waals surface area contributed by atoms with Crippen LogP contribution < -0.4 is 5.73 Å². The van der Waals surface area contributed by atoms with Gasteiger partial charge in [0.15, 0.2) is 0 Å². The Morgan fingerprint density at radius 2 is 1.94 bits per heavy atom. The summed E-state index contributed by atoms with van der Waals surface area (Å²) in [6.07, 6.45) is 6.83. The highest BCUT2D eigenvalue weighted by Gasteiger charge is 2.45. The van der Waals surface area contributed by atoms with Crippen molar-refractivity contribution in [2.45, 2.75) is 51.0 Å². The summed E-state index contributed by atoms with van der Waals surface area (Å²) >= 11 is 0. The number of hydrogen-bond donors (Lipinski definition) is 1. The summed E-state index contributed by atoms with van der Waals surface area (Å²) in [5.41, 5.74) is 8.03. The minimum Gasteiger partial charge on any atom is -0.327 e. The maximum absolute atomic E-state index is 6.53. The van der Waals surface area contributed by atoms with E-state index in [4.69, 9.17) is 5.73 Å². The molecule has 1 aromatic rings. The second-order valence-corrected chi connectivity index (χ2v) is 6.34. The first kappa shape index (κ1) is 12.2. The summed E-state index contributed by atoms with van der Waals surface area (Å²) in [6.45, 7) is 2.32. The SMILES string of the molecule is CCC1CCC(C(N)C2CC2c2ccccc2)C1. The quantitative estimate of drug-likeness (QED) is 0.851. The summed E-state index contributed by atoms with van der Waals surface area (Å²) in [5, 5.41) is 0. The fraction of sp³-hybridized carbons (Fsp3) is 0.647. The van der Waals surface area contributed by atoms with E-state index in [1.165, 1.54) is 37.7 Å². The zero-order valence-electron chi connectivity index (χ0n) is 11.4. The van der Waals surface area contributed by atoms with Gasteiger partial charge in [0.25, 0.3) is 0 Å². The minimum absolute atomic E-state index is 0.451. The highest BCUT2D eigenvalue weighted by Crippen LogP contribution is 2.52. The summed E-state index contributed by atoms with van der Waals surface area (Å²) in [6, 6.07) is 11.4. The maximum atomic E-state index is 6.53. The maximum Gasteiger partial charge on any atom is 0.0102 e. The van der Waals surface area contributed by atoms with E-state index in [0.29, 0.717) is 6.04 Å². The van der Waals surface area contributed by atoms with Gasteiger partial charge in [-0.3, -0.25) is 0 Å². The molecule has 0 bridgehead atoms. The van der Waals surface area contributed by atoms with Gasteiger partial charge >= 0.3 is 0 Å².